The van der Waals surface area contributed by atoms with Crippen LogP contribution < -0.4 is 5.73 Å². The highest BCUT2D eigenvalue weighted by Crippen LogP contribution is 2.20. The third kappa shape index (κ3) is 2.88. The summed E-state index contributed by atoms with van der Waals surface area (Å²) >= 11 is 0. The molecule has 5 heteroatoms. The summed E-state index contributed by atoms with van der Waals surface area (Å²) in [6.45, 7) is 4.60. The maximum atomic E-state index is 12.5. The number of nitrogens with two attached hydrogens (primary N) is 1. The first kappa shape index (κ1) is 13.8. The number of aryl methyl sites for hydroxylation is 1. The highest BCUT2D eigenvalue weighted by Gasteiger charge is 2.30. The molecule has 2 atom stereocenters. The summed E-state index contributed by atoms with van der Waals surface area (Å²) in [5.74, 6) is -0.105. The lowest BCUT2D eigenvalue weighted by molar-refractivity contribution is -0.0667. The van der Waals surface area contributed by atoms with Crippen molar-refractivity contribution in [3.8, 4) is 0 Å². The summed E-state index contributed by atoms with van der Waals surface area (Å²) in [4.78, 5) is 14.2. The normalized spacial score (nSPS) is 23.4. The first-order valence-corrected chi connectivity index (χ1v) is 6.42. The summed E-state index contributed by atoms with van der Waals surface area (Å²) < 4.78 is 5.43. The van der Waals surface area contributed by atoms with Gasteiger partial charge in [0.2, 0.25) is 0 Å². The molecule has 104 valence electrons. The molecule has 0 saturated carbocycles. The average molecular weight is 264 g/mol. The van der Waals surface area contributed by atoms with Crippen molar-refractivity contribution in [3.63, 3.8) is 0 Å². The predicted molar refractivity (Wildman–Crippen MR) is 72.9 cm³/mol. The Morgan fingerprint density at radius 1 is 1.58 bits per heavy atom. The molecule has 1 aromatic rings. The largest absolute Gasteiger partial charge is 0.398 e. The Balaban J connectivity index is 2.22. The van der Waals surface area contributed by atoms with Gasteiger partial charge in [-0.05, 0) is 31.5 Å². The summed E-state index contributed by atoms with van der Waals surface area (Å²) in [5, 5.41) is 9.15. The first-order chi connectivity index (χ1) is 9.02. The van der Waals surface area contributed by atoms with Gasteiger partial charge in [-0.3, -0.25) is 4.79 Å². The molecule has 19 heavy (non-hydrogen) atoms. The standard InChI is InChI=1S/C14H20N2O3/c1-9-3-4-12(13(15)5-9)14(18)16-6-11(7-17)19-8-10(16)2/h3-5,10-11,17H,6-8,15H2,1-2H3. The van der Waals surface area contributed by atoms with Gasteiger partial charge in [0.05, 0.1) is 30.9 Å². The van der Waals surface area contributed by atoms with Crippen molar-refractivity contribution in [2.24, 2.45) is 0 Å². The fourth-order valence-corrected chi connectivity index (χ4v) is 2.24. The molecule has 1 amide bonds. The van der Waals surface area contributed by atoms with E-state index in [0.717, 1.165) is 5.56 Å². The number of nitrogen functional groups attached to an aromatic ring is 1. The topological polar surface area (TPSA) is 75.8 Å². The number of amides is 1. The van der Waals surface area contributed by atoms with Crippen molar-refractivity contribution in [1.82, 2.24) is 4.90 Å². The lowest BCUT2D eigenvalue weighted by Gasteiger charge is -2.37. The number of hydrogen-bond donors (Lipinski definition) is 2. The molecule has 1 aliphatic heterocycles. The molecule has 1 fully saturated rings. The van der Waals surface area contributed by atoms with Crippen LogP contribution in [-0.2, 0) is 4.74 Å². The summed E-state index contributed by atoms with van der Waals surface area (Å²) in [5.41, 5.74) is 7.94. The third-order valence-corrected chi connectivity index (χ3v) is 3.41. The van der Waals surface area contributed by atoms with Crippen LogP contribution in [-0.4, -0.2) is 47.8 Å². The van der Waals surface area contributed by atoms with Gasteiger partial charge in [0.25, 0.3) is 5.91 Å². The van der Waals surface area contributed by atoms with Crippen LogP contribution in [0.3, 0.4) is 0 Å². The van der Waals surface area contributed by atoms with E-state index in [1.54, 1.807) is 17.0 Å². The number of benzene rings is 1. The van der Waals surface area contributed by atoms with Crippen LogP contribution in [0.15, 0.2) is 18.2 Å². The predicted octanol–water partition coefficient (Wildman–Crippen LogP) is 0.799. The number of aliphatic hydroxyl groups is 1. The summed E-state index contributed by atoms with van der Waals surface area (Å²) in [6, 6.07) is 5.40. The molecule has 3 N–H and O–H groups in total. The van der Waals surface area contributed by atoms with E-state index in [2.05, 4.69) is 0 Å². The highest BCUT2D eigenvalue weighted by molar-refractivity contribution is 5.99. The van der Waals surface area contributed by atoms with Crippen LogP contribution in [0.5, 0.6) is 0 Å². The van der Waals surface area contributed by atoms with E-state index in [1.807, 2.05) is 19.9 Å². The Morgan fingerprint density at radius 3 is 2.95 bits per heavy atom. The quantitative estimate of drug-likeness (QED) is 0.775. The van der Waals surface area contributed by atoms with Crippen LogP contribution in [0.2, 0.25) is 0 Å². The zero-order chi connectivity index (χ0) is 14.0. The third-order valence-electron chi connectivity index (χ3n) is 3.41. The van der Waals surface area contributed by atoms with Crippen molar-refractivity contribution in [2.45, 2.75) is 26.0 Å². The van der Waals surface area contributed by atoms with Gasteiger partial charge < -0.3 is 20.5 Å². The van der Waals surface area contributed by atoms with E-state index in [1.165, 1.54) is 0 Å². The monoisotopic (exact) mass is 264 g/mol. The van der Waals surface area contributed by atoms with Crippen molar-refractivity contribution in [2.75, 3.05) is 25.5 Å². The number of ether oxygens (including phenoxy) is 1. The van der Waals surface area contributed by atoms with Crippen molar-refractivity contribution in [1.29, 1.82) is 0 Å². The van der Waals surface area contributed by atoms with Gasteiger partial charge in [0.15, 0.2) is 0 Å². The minimum Gasteiger partial charge on any atom is -0.398 e. The number of carbonyl (C=O) groups excluding carboxylic acids is 1. The fraction of sp³-hybridized carbons (Fsp3) is 0.500. The zero-order valence-electron chi connectivity index (χ0n) is 11.3. The van der Waals surface area contributed by atoms with E-state index in [0.29, 0.717) is 24.4 Å². The van der Waals surface area contributed by atoms with Crippen LogP contribution in [0, 0.1) is 6.92 Å². The van der Waals surface area contributed by atoms with Crippen LogP contribution in [0.1, 0.15) is 22.8 Å². The summed E-state index contributed by atoms with van der Waals surface area (Å²) in [7, 11) is 0. The number of anilines is 1. The van der Waals surface area contributed by atoms with E-state index in [4.69, 9.17) is 15.6 Å². The molecule has 0 bridgehead atoms. The number of nitrogens with zero attached hydrogens (tertiary/aromatic N) is 1. The van der Waals surface area contributed by atoms with Crippen LogP contribution in [0.4, 0.5) is 5.69 Å². The average Bonchev–Trinajstić information content (AvgIpc) is 2.38. The minimum absolute atomic E-state index is 0.0176. The first-order valence-electron chi connectivity index (χ1n) is 6.42. The molecular weight excluding hydrogens is 244 g/mol. The number of aliphatic hydroxyl groups excluding tert-OH is 1. The molecule has 0 radical (unpaired) electrons. The molecule has 0 aliphatic carbocycles. The van der Waals surface area contributed by atoms with Crippen molar-refractivity contribution < 1.29 is 14.6 Å². The second kappa shape index (κ2) is 5.59. The molecule has 2 rings (SSSR count). The SMILES string of the molecule is Cc1ccc(C(=O)N2CC(CO)OCC2C)c(N)c1. The van der Waals surface area contributed by atoms with Crippen LogP contribution in [0.25, 0.3) is 0 Å². The maximum Gasteiger partial charge on any atom is 0.256 e. The Morgan fingerprint density at radius 2 is 2.32 bits per heavy atom. The maximum absolute atomic E-state index is 12.5. The molecule has 1 saturated heterocycles. The van der Waals surface area contributed by atoms with E-state index in [9.17, 15) is 4.79 Å². The zero-order valence-corrected chi connectivity index (χ0v) is 11.3. The van der Waals surface area contributed by atoms with Crippen LogP contribution >= 0.6 is 0 Å². The molecule has 2 unspecified atom stereocenters. The van der Waals surface area contributed by atoms with Gasteiger partial charge in [0, 0.05) is 12.2 Å². The van der Waals surface area contributed by atoms with E-state index < -0.39 is 0 Å². The van der Waals surface area contributed by atoms with Crippen molar-refractivity contribution in [3.05, 3.63) is 29.3 Å². The molecule has 1 aromatic carbocycles. The summed E-state index contributed by atoms with van der Waals surface area (Å²) in [6.07, 6.45) is -0.313. The fourth-order valence-electron chi connectivity index (χ4n) is 2.24. The Labute approximate surface area is 113 Å². The molecular formula is C14H20N2O3. The molecule has 5 nitrogen and oxygen atoms in total. The van der Waals surface area contributed by atoms with Gasteiger partial charge in [-0.1, -0.05) is 6.07 Å². The van der Waals surface area contributed by atoms with Gasteiger partial charge in [-0.2, -0.15) is 0 Å². The van der Waals surface area contributed by atoms with Crippen molar-refractivity contribution >= 4 is 11.6 Å². The second-order valence-electron chi connectivity index (χ2n) is 5.04. The van der Waals surface area contributed by atoms with E-state index >= 15 is 0 Å². The molecule has 1 aliphatic rings. The van der Waals surface area contributed by atoms with Gasteiger partial charge in [0.1, 0.15) is 0 Å². The number of carbonyl (C=O) groups is 1. The second-order valence-corrected chi connectivity index (χ2v) is 5.04. The lowest BCUT2D eigenvalue weighted by Crippen LogP contribution is -2.52. The Hall–Kier alpha value is -1.59. The Kier molecular flexibility index (Phi) is 4.07. The lowest BCUT2D eigenvalue weighted by atomic mass is 10.1. The number of hydrogen-bond acceptors (Lipinski definition) is 4. The highest BCUT2D eigenvalue weighted by atomic mass is 16.5. The molecule has 0 spiro atoms. The van der Waals surface area contributed by atoms with Gasteiger partial charge >= 0.3 is 0 Å². The van der Waals surface area contributed by atoms with Gasteiger partial charge in [-0.25, -0.2) is 0 Å². The smallest absolute Gasteiger partial charge is 0.256 e. The number of rotatable bonds is 2. The number of morpholine rings is 1. The Bertz CT molecular complexity index is 476. The molecule has 1 heterocycles. The minimum atomic E-state index is -0.313. The van der Waals surface area contributed by atoms with E-state index in [-0.39, 0.29) is 24.7 Å². The van der Waals surface area contributed by atoms with Gasteiger partial charge in [-0.15, -0.1) is 0 Å². The molecule has 0 aromatic heterocycles.